The number of amides is 1. The van der Waals surface area contributed by atoms with Gasteiger partial charge in [-0.15, -0.1) is 0 Å². The maximum atomic E-state index is 11.3. The van der Waals surface area contributed by atoms with Gasteiger partial charge in [0.05, 0.1) is 0 Å². The first-order valence-electron chi connectivity index (χ1n) is 5.79. The number of nitrogens with one attached hydrogen (secondary N) is 1. The van der Waals surface area contributed by atoms with E-state index in [1.807, 2.05) is 19.9 Å². The molecule has 2 atom stereocenters. The van der Waals surface area contributed by atoms with Crippen LogP contribution in [0.2, 0.25) is 0 Å². The summed E-state index contributed by atoms with van der Waals surface area (Å²) in [6.07, 6.45) is 7.07. The normalized spacial score (nSPS) is 26.9. The molecule has 0 saturated heterocycles. The summed E-state index contributed by atoms with van der Waals surface area (Å²) in [6, 6.07) is 0. The fourth-order valence-electron chi connectivity index (χ4n) is 1.62. The van der Waals surface area contributed by atoms with Gasteiger partial charge in [0.25, 0.3) is 0 Å². The second-order valence-corrected chi connectivity index (χ2v) is 4.24. The van der Waals surface area contributed by atoms with E-state index in [9.17, 15) is 4.79 Å². The van der Waals surface area contributed by atoms with Crippen molar-refractivity contribution in [1.82, 2.24) is 5.32 Å². The average Bonchev–Trinajstić information content (AvgIpc) is 2.21. The Labute approximate surface area is 97.3 Å². The van der Waals surface area contributed by atoms with Gasteiger partial charge in [-0.25, -0.2) is 0 Å². The fourth-order valence-corrected chi connectivity index (χ4v) is 1.62. The summed E-state index contributed by atoms with van der Waals surface area (Å²) in [7, 11) is 0. The van der Waals surface area contributed by atoms with Crippen LogP contribution in [-0.4, -0.2) is 18.3 Å². The Morgan fingerprint density at radius 2 is 1.94 bits per heavy atom. The molecule has 0 aromatic rings. The third kappa shape index (κ3) is 3.05. The number of nitrogens with zero attached hydrogens (tertiary/aromatic N) is 1. The molecule has 2 heterocycles. The fraction of sp³-hybridized carbons (Fsp3) is 0.538. The molecule has 0 aromatic carbocycles. The SMILES string of the molecule is CC1=CC2C=C(C)C(=O)NC2N=C1.CCC. The molecule has 2 aliphatic heterocycles. The number of carbonyl (C=O) groups excluding carboxylic acids is 1. The van der Waals surface area contributed by atoms with Crippen molar-refractivity contribution in [1.29, 1.82) is 0 Å². The molecule has 0 spiro atoms. The van der Waals surface area contributed by atoms with Gasteiger partial charge < -0.3 is 5.32 Å². The third-order valence-electron chi connectivity index (χ3n) is 2.34. The summed E-state index contributed by atoms with van der Waals surface area (Å²) in [5.41, 5.74) is 1.93. The standard InChI is InChI=1S/C10H12N2O.C3H8/c1-6-3-8-4-7(2)10(13)12-9(8)11-5-6;1-3-2/h3-5,8-9H,1-2H3,(H,12,13);3H2,1-2H3. The van der Waals surface area contributed by atoms with E-state index < -0.39 is 0 Å². The molecule has 3 nitrogen and oxygen atoms in total. The predicted molar refractivity (Wildman–Crippen MR) is 67.4 cm³/mol. The lowest BCUT2D eigenvalue weighted by Crippen LogP contribution is -2.43. The van der Waals surface area contributed by atoms with Crippen molar-refractivity contribution in [3.8, 4) is 0 Å². The Balaban J connectivity index is 0.000000386. The summed E-state index contributed by atoms with van der Waals surface area (Å²) in [5, 5.41) is 2.84. The smallest absolute Gasteiger partial charge is 0.248 e. The minimum Gasteiger partial charge on any atom is -0.330 e. The molecule has 2 rings (SSSR count). The number of hydrogen-bond acceptors (Lipinski definition) is 2. The van der Waals surface area contributed by atoms with Gasteiger partial charge in [0, 0.05) is 17.7 Å². The molecule has 1 N–H and O–H groups in total. The summed E-state index contributed by atoms with van der Waals surface area (Å²) in [6.45, 7) is 8.09. The minimum atomic E-state index is -0.0834. The van der Waals surface area contributed by atoms with Crippen LogP contribution in [0.5, 0.6) is 0 Å². The molecule has 88 valence electrons. The highest BCUT2D eigenvalue weighted by molar-refractivity contribution is 5.94. The quantitative estimate of drug-likeness (QED) is 0.669. The molecule has 1 amide bonds. The summed E-state index contributed by atoms with van der Waals surface area (Å²) < 4.78 is 0. The Bertz CT molecular complexity index is 353. The molecular weight excluding hydrogens is 200 g/mol. The third-order valence-corrected chi connectivity index (χ3v) is 2.34. The zero-order chi connectivity index (χ0) is 12.1. The number of fused-ring (bicyclic) bond motifs is 1. The molecule has 2 aliphatic rings. The van der Waals surface area contributed by atoms with Crippen LogP contribution in [0.4, 0.5) is 0 Å². The van der Waals surface area contributed by atoms with E-state index in [0.29, 0.717) is 0 Å². The van der Waals surface area contributed by atoms with Crippen molar-refractivity contribution in [3.05, 3.63) is 23.3 Å². The monoisotopic (exact) mass is 220 g/mol. The van der Waals surface area contributed by atoms with E-state index in [-0.39, 0.29) is 18.0 Å². The molecule has 0 aromatic heterocycles. The van der Waals surface area contributed by atoms with E-state index in [1.54, 1.807) is 6.21 Å². The Hall–Kier alpha value is -1.38. The first-order valence-corrected chi connectivity index (χ1v) is 5.79. The number of dihydropyridines is 1. The van der Waals surface area contributed by atoms with Crippen molar-refractivity contribution < 1.29 is 4.79 Å². The summed E-state index contributed by atoms with van der Waals surface area (Å²) in [4.78, 5) is 15.5. The zero-order valence-corrected chi connectivity index (χ0v) is 10.4. The first kappa shape index (κ1) is 12.7. The Morgan fingerprint density at radius 3 is 2.56 bits per heavy atom. The average molecular weight is 220 g/mol. The van der Waals surface area contributed by atoms with Crippen LogP contribution in [0.15, 0.2) is 28.3 Å². The molecule has 0 fully saturated rings. The van der Waals surface area contributed by atoms with E-state index in [4.69, 9.17) is 0 Å². The number of rotatable bonds is 0. The summed E-state index contributed by atoms with van der Waals surface area (Å²) >= 11 is 0. The predicted octanol–water partition coefficient (Wildman–Crippen LogP) is 2.45. The van der Waals surface area contributed by atoms with Crippen molar-refractivity contribution in [2.24, 2.45) is 10.9 Å². The van der Waals surface area contributed by atoms with Crippen molar-refractivity contribution in [2.45, 2.75) is 40.3 Å². The highest BCUT2D eigenvalue weighted by Crippen LogP contribution is 2.21. The molecule has 0 aliphatic carbocycles. The first-order chi connectivity index (χ1) is 7.58. The van der Waals surface area contributed by atoms with Crippen LogP contribution in [-0.2, 0) is 4.79 Å². The van der Waals surface area contributed by atoms with Gasteiger partial charge in [-0.2, -0.15) is 0 Å². The van der Waals surface area contributed by atoms with Gasteiger partial charge in [-0.1, -0.05) is 32.4 Å². The van der Waals surface area contributed by atoms with Crippen LogP contribution in [0.1, 0.15) is 34.1 Å². The highest BCUT2D eigenvalue weighted by Gasteiger charge is 2.26. The Morgan fingerprint density at radius 1 is 1.31 bits per heavy atom. The number of allylic oxidation sites excluding steroid dienone is 1. The second kappa shape index (κ2) is 5.64. The molecule has 3 heteroatoms. The Kier molecular flexibility index (Phi) is 4.47. The minimum absolute atomic E-state index is 0.00801. The van der Waals surface area contributed by atoms with Crippen LogP contribution >= 0.6 is 0 Å². The molecule has 0 radical (unpaired) electrons. The van der Waals surface area contributed by atoms with Gasteiger partial charge in [0.2, 0.25) is 5.91 Å². The van der Waals surface area contributed by atoms with E-state index in [2.05, 4.69) is 30.2 Å². The van der Waals surface area contributed by atoms with E-state index in [0.717, 1.165) is 11.1 Å². The molecular formula is C13H20N2O. The van der Waals surface area contributed by atoms with E-state index in [1.165, 1.54) is 6.42 Å². The highest BCUT2D eigenvalue weighted by atomic mass is 16.1. The lowest BCUT2D eigenvalue weighted by Gasteiger charge is -2.27. The molecule has 0 bridgehead atoms. The van der Waals surface area contributed by atoms with Crippen LogP contribution < -0.4 is 5.32 Å². The van der Waals surface area contributed by atoms with Crippen molar-refractivity contribution in [2.75, 3.05) is 0 Å². The lowest BCUT2D eigenvalue weighted by molar-refractivity contribution is -0.118. The largest absolute Gasteiger partial charge is 0.330 e. The molecule has 0 saturated carbocycles. The topological polar surface area (TPSA) is 41.5 Å². The van der Waals surface area contributed by atoms with Crippen molar-refractivity contribution >= 4 is 12.1 Å². The van der Waals surface area contributed by atoms with Gasteiger partial charge in [-0.05, 0) is 19.4 Å². The maximum absolute atomic E-state index is 11.3. The van der Waals surface area contributed by atoms with Gasteiger partial charge in [0.15, 0.2) is 0 Å². The van der Waals surface area contributed by atoms with Crippen molar-refractivity contribution in [3.63, 3.8) is 0 Å². The van der Waals surface area contributed by atoms with Gasteiger partial charge >= 0.3 is 0 Å². The lowest BCUT2D eigenvalue weighted by atomic mass is 9.94. The number of hydrogen-bond donors (Lipinski definition) is 1. The number of carbonyl (C=O) groups is 1. The van der Waals surface area contributed by atoms with Gasteiger partial charge in [-0.3, -0.25) is 9.79 Å². The van der Waals surface area contributed by atoms with Gasteiger partial charge in [0.1, 0.15) is 6.17 Å². The maximum Gasteiger partial charge on any atom is 0.248 e. The van der Waals surface area contributed by atoms with Crippen LogP contribution in [0.3, 0.4) is 0 Å². The van der Waals surface area contributed by atoms with Crippen LogP contribution in [0, 0.1) is 5.92 Å². The molecule has 16 heavy (non-hydrogen) atoms. The number of aliphatic imine (C=N–C) groups is 1. The second-order valence-electron chi connectivity index (χ2n) is 4.24. The zero-order valence-electron chi connectivity index (χ0n) is 10.4. The van der Waals surface area contributed by atoms with E-state index >= 15 is 0 Å². The molecule has 2 unspecified atom stereocenters. The van der Waals surface area contributed by atoms with Crippen LogP contribution in [0.25, 0.3) is 0 Å². The summed E-state index contributed by atoms with van der Waals surface area (Å²) in [5.74, 6) is 0.231.